The molecule has 1 fully saturated rings. The summed E-state index contributed by atoms with van der Waals surface area (Å²) in [7, 11) is 0. The number of amides is 1. The second-order valence-electron chi connectivity index (χ2n) is 8.43. The van der Waals surface area contributed by atoms with Gasteiger partial charge in [-0.3, -0.25) is 9.78 Å². The number of aromatic nitrogens is 3. The van der Waals surface area contributed by atoms with Crippen LogP contribution in [0.2, 0.25) is 0 Å². The summed E-state index contributed by atoms with van der Waals surface area (Å²) >= 11 is 0. The maximum Gasteiger partial charge on any atom is 0.410 e. The summed E-state index contributed by atoms with van der Waals surface area (Å²) in [5.41, 5.74) is 1.19. The minimum absolute atomic E-state index is 0.0533. The fourth-order valence-corrected chi connectivity index (χ4v) is 4.35. The van der Waals surface area contributed by atoms with Crippen molar-refractivity contribution in [2.45, 2.75) is 63.8 Å². The number of alkyl halides is 3. The van der Waals surface area contributed by atoms with Crippen molar-refractivity contribution in [3.05, 3.63) is 41.9 Å². The fraction of sp³-hybridized carbons (Fsp3) is 0.571. The summed E-state index contributed by atoms with van der Waals surface area (Å²) in [6.07, 6.45) is -1.13. The van der Waals surface area contributed by atoms with E-state index in [9.17, 15) is 18.0 Å². The standard InChI is InChI=1S/C21H26F3N5O/c1-13(2)15-11-18(21(22,23)24)29-19(26-15)12-16(27-29)17-7-5-9-28(17)20(30)10-14-6-3-4-8-25-14/h3-4,6,8,12-13,15,17-18,26H,5,7,9-11H2,1-2H3/t15-,17-,18+/m0/s1. The zero-order valence-electron chi connectivity index (χ0n) is 17.1. The average molecular weight is 421 g/mol. The lowest BCUT2D eigenvalue weighted by molar-refractivity contribution is -0.174. The van der Waals surface area contributed by atoms with Gasteiger partial charge >= 0.3 is 6.18 Å². The maximum absolute atomic E-state index is 13.7. The third-order valence-corrected chi connectivity index (χ3v) is 6.02. The van der Waals surface area contributed by atoms with Crippen molar-refractivity contribution in [2.75, 3.05) is 11.9 Å². The molecule has 0 unspecified atom stereocenters. The monoisotopic (exact) mass is 421 g/mol. The zero-order chi connectivity index (χ0) is 21.5. The maximum atomic E-state index is 13.7. The first kappa shape index (κ1) is 20.7. The molecule has 0 spiro atoms. The van der Waals surface area contributed by atoms with E-state index in [0.717, 1.165) is 11.1 Å². The van der Waals surface area contributed by atoms with Crippen LogP contribution < -0.4 is 5.32 Å². The number of carbonyl (C=O) groups excluding carboxylic acids is 1. The second-order valence-corrected chi connectivity index (χ2v) is 8.43. The minimum atomic E-state index is -4.38. The SMILES string of the molecule is CC(C)[C@@H]1C[C@H](C(F)(F)F)n2nc([C@@H]3CCCN3C(=O)Cc3ccccn3)cc2N1. The molecule has 1 amide bonds. The molecular formula is C21H26F3N5O. The van der Waals surface area contributed by atoms with Gasteiger partial charge in [0.1, 0.15) is 5.82 Å². The van der Waals surface area contributed by atoms with Crippen LogP contribution in [0.4, 0.5) is 19.0 Å². The summed E-state index contributed by atoms with van der Waals surface area (Å²) in [6, 6.07) is 4.85. The van der Waals surface area contributed by atoms with Crippen molar-refractivity contribution in [3.63, 3.8) is 0 Å². The Morgan fingerprint density at radius 3 is 2.80 bits per heavy atom. The van der Waals surface area contributed by atoms with E-state index in [2.05, 4.69) is 15.4 Å². The third kappa shape index (κ3) is 4.02. The molecule has 2 aliphatic heterocycles. The Labute approximate surface area is 173 Å². The number of nitrogens with one attached hydrogen (secondary N) is 1. The number of fused-ring (bicyclic) bond motifs is 1. The first-order valence-electron chi connectivity index (χ1n) is 10.4. The lowest BCUT2D eigenvalue weighted by Crippen LogP contribution is -2.41. The molecule has 162 valence electrons. The molecule has 6 nitrogen and oxygen atoms in total. The highest BCUT2D eigenvalue weighted by molar-refractivity contribution is 5.79. The highest BCUT2D eigenvalue weighted by Gasteiger charge is 2.47. The summed E-state index contributed by atoms with van der Waals surface area (Å²) in [6.45, 7) is 4.39. The summed E-state index contributed by atoms with van der Waals surface area (Å²) in [5, 5.41) is 7.55. The molecule has 0 saturated carbocycles. The Morgan fingerprint density at radius 2 is 2.13 bits per heavy atom. The summed E-state index contributed by atoms with van der Waals surface area (Å²) in [5.74, 6) is 0.355. The Hall–Kier alpha value is -2.58. The number of carbonyl (C=O) groups is 1. The predicted octanol–water partition coefficient (Wildman–Crippen LogP) is 4.13. The van der Waals surface area contributed by atoms with Crippen LogP contribution in [0.1, 0.15) is 56.6 Å². The third-order valence-electron chi connectivity index (χ3n) is 6.02. The zero-order valence-corrected chi connectivity index (χ0v) is 17.1. The smallest absolute Gasteiger partial charge is 0.367 e. The van der Waals surface area contributed by atoms with Gasteiger partial charge in [0.25, 0.3) is 0 Å². The van der Waals surface area contributed by atoms with Crippen LogP contribution >= 0.6 is 0 Å². The number of halogens is 3. The lowest BCUT2D eigenvalue weighted by atomic mass is 9.94. The van der Waals surface area contributed by atoms with E-state index in [1.54, 1.807) is 29.3 Å². The Kier molecular flexibility index (Phi) is 5.46. The van der Waals surface area contributed by atoms with Gasteiger partial charge < -0.3 is 10.2 Å². The van der Waals surface area contributed by atoms with Crippen LogP contribution in [0.3, 0.4) is 0 Å². The molecule has 2 aliphatic rings. The summed E-state index contributed by atoms with van der Waals surface area (Å²) in [4.78, 5) is 18.8. The molecule has 4 heterocycles. The molecular weight excluding hydrogens is 395 g/mol. The van der Waals surface area contributed by atoms with Crippen molar-refractivity contribution in [1.29, 1.82) is 0 Å². The average Bonchev–Trinajstić information content (AvgIpc) is 3.33. The second kappa shape index (κ2) is 7.92. The van der Waals surface area contributed by atoms with Gasteiger partial charge in [0, 0.05) is 30.5 Å². The van der Waals surface area contributed by atoms with Crippen molar-refractivity contribution >= 4 is 11.7 Å². The molecule has 3 atom stereocenters. The molecule has 4 rings (SSSR count). The largest absolute Gasteiger partial charge is 0.410 e. The van der Waals surface area contributed by atoms with Gasteiger partial charge in [0.2, 0.25) is 5.91 Å². The van der Waals surface area contributed by atoms with E-state index in [4.69, 9.17) is 0 Å². The van der Waals surface area contributed by atoms with Gasteiger partial charge in [-0.1, -0.05) is 19.9 Å². The Balaban J connectivity index is 1.59. The van der Waals surface area contributed by atoms with E-state index < -0.39 is 12.2 Å². The normalized spacial score (nSPS) is 24.1. The van der Waals surface area contributed by atoms with Crippen LogP contribution in [-0.4, -0.2) is 44.3 Å². The molecule has 30 heavy (non-hydrogen) atoms. The lowest BCUT2D eigenvalue weighted by Gasteiger charge is -2.35. The van der Waals surface area contributed by atoms with Crippen LogP contribution in [0.5, 0.6) is 0 Å². The van der Waals surface area contributed by atoms with Crippen LogP contribution in [-0.2, 0) is 11.2 Å². The highest BCUT2D eigenvalue weighted by atomic mass is 19.4. The number of rotatable bonds is 4. The van der Waals surface area contributed by atoms with Gasteiger partial charge in [0.15, 0.2) is 6.04 Å². The number of nitrogens with zero attached hydrogens (tertiary/aromatic N) is 4. The first-order chi connectivity index (χ1) is 14.2. The molecule has 2 aromatic rings. The number of likely N-dealkylation sites (tertiary alicyclic amines) is 1. The van der Waals surface area contributed by atoms with E-state index in [-0.39, 0.29) is 36.8 Å². The van der Waals surface area contributed by atoms with Crippen molar-refractivity contribution in [3.8, 4) is 0 Å². The summed E-state index contributed by atoms with van der Waals surface area (Å²) < 4.78 is 42.3. The van der Waals surface area contributed by atoms with Crippen LogP contribution in [0, 0.1) is 5.92 Å². The topological polar surface area (TPSA) is 63.1 Å². The van der Waals surface area contributed by atoms with Crippen molar-refractivity contribution < 1.29 is 18.0 Å². The van der Waals surface area contributed by atoms with Gasteiger partial charge in [-0.15, -0.1) is 0 Å². The molecule has 1 saturated heterocycles. The van der Waals surface area contributed by atoms with Crippen LogP contribution in [0.25, 0.3) is 0 Å². The van der Waals surface area contributed by atoms with E-state index in [0.29, 0.717) is 30.2 Å². The molecule has 9 heteroatoms. The molecule has 1 N–H and O–H groups in total. The predicted molar refractivity (Wildman–Crippen MR) is 106 cm³/mol. The quantitative estimate of drug-likeness (QED) is 0.807. The van der Waals surface area contributed by atoms with Gasteiger partial charge in [-0.2, -0.15) is 18.3 Å². The van der Waals surface area contributed by atoms with Crippen molar-refractivity contribution in [2.24, 2.45) is 5.92 Å². The number of hydrogen-bond acceptors (Lipinski definition) is 4. The molecule has 0 aliphatic carbocycles. The Morgan fingerprint density at radius 1 is 1.33 bits per heavy atom. The minimum Gasteiger partial charge on any atom is -0.367 e. The highest BCUT2D eigenvalue weighted by Crippen LogP contribution is 2.42. The first-order valence-corrected chi connectivity index (χ1v) is 10.4. The van der Waals surface area contributed by atoms with E-state index in [1.807, 2.05) is 19.9 Å². The number of hydrogen-bond donors (Lipinski definition) is 1. The Bertz CT molecular complexity index is 896. The molecule has 0 bridgehead atoms. The van der Waals surface area contributed by atoms with Gasteiger partial charge in [0.05, 0.1) is 18.2 Å². The molecule has 0 aromatic carbocycles. The van der Waals surface area contributed by atoms with Crippen LogP contribution in [0.15, 0.2) is 30.5 Å². The number of pyridine rings is 1. The number of anilines is 1. The van der Waals surface area contributed by atoms with E-state index in [1.165, 1.54) is 0 Å². The van der Waals surface area contributed by atoms with Crippen molar-refractivity contribution in [1.82, 2.24) is 19.7 Å². The van der Waals surface area contributed by atoms with E-state index >= 15 is 0 Å². The van der Waals surface area contributed by atoms with Gasteiger partial charge in [-0.25, -0.2) is 4.68 Å². The molecule has 0 radical (unpaired) electrons. The van der Waals surface area contributed by atoms with Gasteiger partial charge in [-0.05, 0) is 37.3 Å². The fourth-order valence-electron chi connectivity index (χ4n) is 4.35. The molecule has 2 aromatic heterocycles.